The van der Waals surface area contributed by atoms with Gasteiger partial charge in [-0.2, -0.15) is 0 Å². The maximum Gasteiger partial charge on any atom is 0.494 e. The van der Waals surface area contributed by atoms with Crippen molar-refractivity contribution in [2.75, 3.05) is 28.0 Å². The second-order valence-electron chi connectivity index (χ2n) is 27.5. The molecule has 2 saturated heterocycles. The Hall–Kier alpha value is -1.40. The quantitative estimate of drug-likeness (QED) is 0.0223. The van der Waals surface area contributed by atoms with E-state index in [2.05, 4.69) is 277 Å². The van der Waals surface area contributed by atoms with E-state index < -0.39 is 0 Å². The van der Waals surface area contributed by atoms with E-state index in [0.29, 0.717) is 0 Å². The molecule has 0 spiro atoms. The summed E-state index contributed by atoms with van der Waals surface area (Å²) in [6.45, 7) is 22.9. The highest BCUT2D eigenvalue weighted by molar-refractivity contribution is 9.11. The first kappa shape index (κ1) is 76.0. The highest BCUT2D eigenvalue weighted by Crippen LogP contribution is 2.57. The van der Waals surface area contributed by atoms with Crippen LogP contribution >= 0.6 is 105 Å². The van der Waals surface area contributed by atoms with Crippen molar-refractivity contribution in [1.82, 2.24) is 0 Å². The van der Waals surface area contributed by atoms with E-state index in [4.69, 9.17) is 18.6 Å². The topological polar surface area (TPSA) is 36.9 Å². The number of unbranched alkanes of at least 4 members (excludes halogenated alkanes) is 12. The number of rotatable bonds is 27. The SMILES string of the molecule is BrCCCCCCC1(CCCCCCBr)c2cc(Br)ccc2-c2ccc(Br)cc21.CC1(C)OB(c2cccc(B3OC(C)(C)C(C)(C)O3)c2)OC1(C)C.CP.Cc1cccc(-c2ccc3c(c2)C(CCCCCCBr)(CCCCCCBr)c2cc(C)ccc2-3)c1. The van der Waals surface area contributed by atoms with Gasteiger partial charge in [0.1, 0.15) is 0 Å². The van der Waals surface area contributed by atoms with E-state index in [-0.39, 0.29) is 47.5 Å². The summed E-state index contributed by atoms with van der Waals surface area (Å²) in [7, 11) is 1.66. The molecule has 6 aromatic rings. The fourth-order valence-electron chi connectivity index (χ4n) is 13.7. The zero-order valence-corrected chi connectivity index (χ0v) is 66.8. The first-order valence-corrected chi connectivity index (χ1v) is 40.8. The van der Waals surface area contributed by atoms with E-state index >= 15 is 0 Å². The molecule has 90 heavy (non-hydrogen) atoms. The van der Waals surface area contributed by atoms with Crippen LogP contribution in [-0.2, 0) is 29.4 Å². The zero-order valence-electron chi connectivity index (χ0n) is 56.2. The minimum Gasteiger partial charge on any atom is -0.399 e. The van der Waals surface area contributed by atoms with Gasteiger partial charge >= 0.3 is 14.2 Å². The van der Waals surface area contributed by atoms with Crippen LogP contribution < -0.4 is 10.9 Å². The van der Waals surface area contributed by atoms with Crippen molar-refractivity contribution in [2.45, 2.75) is 231 Å². The van der Waals surface area contributed by atoms with Crippen LogP contribution in [0.25, 0.3) is 33.4 Å². The number of alkyl halides is 4. The lowest BCUT2D eigenvalue weighted by Crippen LogP contribution is -2.41. The number of benzene rings is 6. The van der Waals surface area contributed by atoms with Gasteiger partial charge in [-0.05, 0) is 217 Å². The lowest BCUT2D eigenvalue weighted by atomic mass is 9.70. The van der Waals surface area contributed by atoms with Crippen LogP contribution in [0.15, 0.2) is 130 Å². The highest BCUT2D eigenvalue weighted by Gasteiger charge is 2.54. The maximum absolute atomic E-state index is 6.15. The Morgan fingerprint density at radius 3 is 1.02 bits per heavy atom. The molecule has 0 radical (unpaired) electrons. The summed E-state index contributed by atoms with van der Waals surface area (Å²) in [5, 5.41) is 4.49. The predicted octanol–water partition coefficient (Wildman–Crippen LogP) is 23.9. The Kier molecular flexibility index (Phi) is 29.7. The van der Waals surface area contributed by atoms with Gasteiger partial charge in [0.15, 0.2) is 0 Å². The number of hydrogen-bond donors (Lipinski definition) is 0. The van der Waals surface area contributed by atoms with Crippen molar-refractivity contribution < 1.29 is 18.6 Å². The lowest BCUT2D eigenvalue weighted by molar-refractivity contribution is 0.00578. The molecule has 10 rings (SSSR count). The van der Waals surface area contributed by atoms with Gasteiger partial charge in [0.25, 0.3) is 0 Å². The Balaban J connectivity index is 0.000000193. The summed E-state index contributed by atoms with van der Waals surface area (Å²) in [5.41, 5.74) is 18.4. The molecule has 0 saturated carbocycles. The van der Waals surface area contributed by atoms with Crippen LogP contribution in [0.1, 0.15) is 217 Å². The molecular formula is C77H103B2Br6O4P. The molecule has 0 N–H and O–H groups in total. The first-order valence-electron chi connectivity index (χ1n) is 33.6. The Morgan fingerprint density at radius 2 is 0.644 bits per heavy atom. The van der Waals surface area contributed by atoms with Crippen LogP contribution in [0.4, 0.5) is 0 Å². The molecule has 6 aromatic carbocycles. The van der Waals surface area contributed by atoms with Gasteiger partial charge < -0.3 is 18.6 Å². The molecule has 2 aliphatic carbocycles. The number of hydrogen-bond acceptors (Lipinski definition) is 4. The molecule has 4 nitrogen and oxygen atoms in total. The second-order valence-corrected chi connectivity index (χ2v) is 32.5. The molecule has 2 heterocycles. The molecule has 1 atom stereocenters. The largest absolute Gasteiger partial charge is 0.494 e. The molecule has 488 valence electrons. The molecule has 2 fully saturated rings. The first-order chi connectivity index (χ1) is 43.1. The van der Waals surface area contributed by atoms with Gasteiger partial charge in [0, 0.05) is 41.1 Å². The number of halogens is 6. The van der Waals surface area contributed by atoms with Gasteiger partial charge in [-0.25, -0.2) is 0 Å². The molecule has 4 aliphatic rings. The predicted molar refractivity (Wildman–Crippen MR) is 417 cm³/mol. The van der Waals surface area contributed by atoms with Crippen molar-refractivity contribution >= 4 is 130 Å². The second kappa shape index (κ2) is 35.2. The molecule has 0 amide bonds. The van der Waals surface area contributed by atoms with Crippen molar-refractivity contribution in [3.8, 4) is 33.4 Å². The van der Waals surface area contributed by atoms with E-state index in [0.717, 1.165) is 32.2 Å². The van der Waals surface area contributed by atoms with Gasteiger partial charge in [0.05, 0.1) is 22.4 Å². The van der Waals surface area contributed by atoms with Crippen LogP contribution in [0, 0.1) is 13.8 Å². The summed E-state index contributed by atoms with van der Waals surface area (Å²) >= 11 is 21.9. The molecule has 0 bridgehead atoms. The van der Waals surface area contributed by atoms with Crippen LogP contribution in [0.2, 0.25) is 0 Å². The average molecular weight is 1620 g/mol. The third kappa shape index (κ3) is 18.6. The summed E-state index contributed by atoms with van der Waals surface area (Å²) in [6, 6.07) is 45.5. The van der Waals surface area contributed by atoms with Gasteiger partial charge in [-0.3, -0.25) is 0 Å². The minimum absolute atomic E-state index is 0.138. The maximum atomic E-state index is 6.15. The van der Waals surface area contributed by atoms with Crippen LogP contribution in [0.5, 0.6) is 0 Å². The monoisotopic (exact) mass is 1620 g/mol. The van der Waals surface area contributed by atoms with E-state index in [1.807, 2.05) is 24.9 Å². The van der Waals surface area contributed by atoms with Gasteiger partial charge in [-0.1, -0.05) is 281 Å². The molecule has 13 heteroatoms. The zero-order chi connectivity index (χ0) is 65.3. The minimum atomic E-state index is -0.377. The van der Waals surface area contributed by atoms with Crippen LogP contribution in [0.3, 0.4) is 0 Å². The third-order valence-corrected chi connectivity index (χ3v) is 23.3. The van der Waals surface area contributed by atoms with Crippen molar-refractivity contribution in [2.24, 2.45) is 0 Å². The Bertz CT molecular complexity index is 3070. The Morgan fingerprint density at radius 1 is 0.333 bits per heavy atom. The Labute approximate surface area is 598 Å². The smallest absolute Gasteiger partial charge is 0.399 e. The van der Waals surface area contributed by atoms with Crippen molar-refractivity contribution in [3.05, 3.63) is 164 Å². The molecule has 0 aromatic heterocycles. The van der Waals surface area contributed by atoms with E-state index in [9.17, 15) is 0 Å². The average Bonchev–Trinajstić information content (AvgIpc) is 1.58. The lowest BCUT2D eigenvalue weighted by Gasteiger charge is -2.33. The van der Waals surface area contributed by atoms with Crippen molar-refractivity contribution in [1.29, 1.82) is 0 Å². The standard InChI is InChI=1S/C33H40Br2.C25H30Br4.C18H28B2O4.CH5P/c1-25-12-11-13-27(22-25)28-15-17-30-29-16-14-26(2)23-31(29)33(32(30)24-28,18-7-3-5-9-20-34)19-8-4-6-10-21-35;26-15-7-3-1-5-13-25(14-6-2-4-8-16-27)23-17-19(28)9-11-21(23)22-12-10-20(29)18-24(22)25;1-15(2)16(3,4)22-19(21-15)13-10-9-11-14(12-13)20-23-17(5,6)18(7,8)24-20;1-2/h11-17,22-24H,3-10,18-21H2,1-2H3;9-12,17-18H,1-8,13-16H2;9-12H,1-8H3;2H2,1H3. The fraction of sp³-hybridized carbons (Fsp3) is 0.532. The summed E-state index contributed by atoms with van der Waals surface area (Å²) in [6.07, 6.45) is 25.9. The highest BCUT2D eigenvalue weighted by atomic mass is 79.9. The normalized spacial score (nSPS) is 17.0. The summed E-state index contributed by atoms with van der Waals surface area (Å²) in [4.78, 5) is 0. The fourth-order valence-corrected chi connectivity index (χ4v) is 16.0. The summed E-state index contributed by atoms with van der Waals surface area (Å²) < 4.78 is 27.0. The van der Waals surface area contributed by atoms with E-state index in [1.54, 1.807) is 22.3 Å². The molecule has 1 unspecified atom stereocenters. The number of fused-ring (bicyclic) bond motifs is 6. The van der Waals surface area contributed by atoms with Gasteiger partial charge in [0.2, 0.25) is 0 Å². The van der Waals surface area contributed by atoms with Crippen LogP contribution in [-0.4, -0.2) is 64.6 Å². The molecule has 2 aliphatic heterocycles. The summed E-state index contributed by atoms with van der Waals surface area (Å²) in [5.74, 6) is 0. The van der Waals surface area contributed by atoms with Gasteiger partial charge in [-0.15, -0.1) is 9.24 Å². The molecular weight excluding hydrogens is 1520 g/mol. The number of aryl methyl sites for hydroxylation is 2. The third-order valence-electron chi connectivity index (χ3n) is 20.1. The van der Waals surface area contributed by atoms with E-state index in [1.165, 1.54) is 182 Å². The van der Waals surface area contributed by atoms with Crippen molar-refractivity contribution in [3.63, 3.8) is 0 Å².